The molecule has 116 valence electrons. The van der Waals surface area contributed by atoms with E-state index < -0.39 is 18.4 Å². The second-order valence-corrected chi connectivity index (χ2v) is 5.94. The third-order valence-electron chi connectivity index (χ3n) is 2.78. The zero-order chi connectivity index (χ0) is 16.3. The van der Waals surface area contributed by atoms with Crippen LogP contribution in [0, 0.1) is 0 Å². The van der Waals surface area contributed by atoms with Crippen LogP contribution in [0.4, 0.5) is 0 Å². The van der Waals surface area contributed by atoms with E-state index in [1.807, 2.05) is 0 Å². The molecule has 1 N–H and O–H groups in total. The minimum Gasteiger partial charge on any atom is -0.548 e. The maximum Gasteiger partial charge on any atom is 0.266 e. The van der Waals surface area contributed by atoms with Gasteiger partial charge in [0.05, 0.1) is 24.0 Å². The SMILES string of the molecule is CCOc1cccc(/C=C2/SC(=S)N(CC(=O)[O-])C2=O)c1O. The van der Waals surface area contributed by atoms with Gasteiger partial charge in [-0.25, -0.2) is 0 Å². The number of benzene rings is 1. The zero-order valence-electron chi connectivity index (χ0n) is 11.6. The maximum absolute atomic E-state index is 12.1. The van der Waals surface area contributed by atoms with Crippen molar-refractivity contribution in [2.45, 2.75) is 6.92 Å². The largest absolute Gasteiger partial charge is 0.548 e. The van der Waals surface area contributed by atoms with Crippen molar-refractivity contribution in [3.63, 3.8) is 0 Å². The number of amides is 1. The number of carbonyl (C=O) groups is 2. The molecule has 0 bridgehead atoms. The quantitative estimate of drug-likeness (QED) is 0.625. The molecule has 2 rings (SSSR count). The van der Waals surface area contributed by atoms with Crippen molar-refractivity contribution < 1.29 is 24.5 Å². The number of thioether (sulfide) groups is 1. The van der Waals surface area contributed by atoms with Gasteiger partial charge in [-0.1, -0.05) is 36.1 Å². The molecular formula is C14H12NO5S2-. The van der Waals surface area contributed by atoms with Crippen LogP contribution in [0.3, 0.4) is 0 Å². The molecule has 1 fully saturated rings. The van der Waals surface area contributed by atoms with Gasteiger partial charge >= 0.3 is 0 Å². The molecule has 0 spiro atoms. The van der Waals surface area contributed by atoms with Gasteiger partial charge < -0.3 is 19.7 Å². The van der Waals surface area contributed by atoms with Crippen LogP contribution in [-0.2, 0) is 9.59 Å². The molecule has 0 radical (unpaired) electrons. The van der Waals surface area contributed by atoms with Gasteiger partial charge in [-0.2, -0.15) is 0 Å². The summed E-state index contributed by atoms with van der Waals surface area (Å²) < 4.78 is 5.41. The number of ether oxygens (including phenoxy) is 1. The number of thiocarbonyl (C=S) groups is 1. The van der Waals surface area contributed by atoms with Crippen LogP contribution in [-0.4, -0.2) is 39.4 Å². The molecule has 0 atom stereocenters. The number of hydrogen-bond acceptors (Lipinski definition) is 7. The number of phenolic OH excluding ortho intramolecular Hbond substituents is 1. The number of carboxylic acid groups (broad SMARTS) is 1. The molecule has 0 aliphatic carbocycles. The lowest BCUT2D eigenvalue weighted by atomic mass is 10.1. The number of para-hydroxylation sites is 1. The summed E-state index contributed by atoms with van der Waals surface area (Å²) in [4.78, 5) is 23.9. The Bertz CT molecular complexity index is 671. The van der Waals surface area contributed by atoms with Crippen molar-refractivity contribution in [3.8, 4) is 11.5 Å². The Morgan fingerprint density at radius 3 is 2.91 bits per heavy atom. The van der Waals surface area contributed by atoms with E-state index in [0.717, 1.165) is 16.7 Å². The third-order valence-corrected chi connectivity index (χ3v) is 4.16. The molecule has 1 aliphatic rings. The van der Waals surface area contributed by atoms with E-state index in [9.17, 15) is 19.8 Å². The fourth-order valence-electron chi connectivity index (χ4n) is 1.83. The van der Waals surface area contributed by atoms with Crippen molar-refractivity contribution in [2.75, 3.05) is 13.2 Å². The van der Waals surface area contributed by atoms with Gasteiger partial charge in [0.1, 0.15) is 4.32 Å². The summed E-state index contributed by atoms with van der Waals surface area (Å²) in [6.07, 6.45) is 1.45. The van der Waals surface area contributed by atoms with Crippen LogP contribution in [0.2, 0.25) is 0 Å². The molecule has 1 saturated heterocycles. The molecule has 8 heteroatoms. The molecule has 1 amide bonds. The van der Waals surface area contributed by atoms with Crippen LogP contribution in [0.15, 0.2) is 23.1 Å². The summed E-state index contributed by atoms with van der Waals surface area (Å²) >= 11 is 5.95. The minimum atomic E-state index is -1.39. The van der Waals surface area contributed by atoms with E-state index in [2.05, 4.69) is 0 Å². The highest BCUT2D eigenvalue weighted by atomic mass is 32.2. The van der Waals surface area contributed by atoms with Crippen molar-refractivity contribution in [1.82, 2.24) is 4.90 Å². The van der Waals surface area contributed by atoms with Crippen LogP contribution in [0.5, 0.6) is 11.5 Å². The fraction of sp³-hybridized carbons (Fsp3) is 0.214. The van der Waals surface area contributed by atoms with Gasteiger partial charge in [0, 0.05) is 5.56 Å². The van der Waals surface area contributed by atoms with Gasteiger partial charge in [-0.05, 0) is 19.1 Å². The Kier molecular flexibility index (Phi) is 5.04. The summed E-state index contributed by atoms with van der Waals surface area (Å²) in [7, 11) is 0. The lowest BCUT2D eigenvalue weighted by molar-refractivity contribution is -0.305. The highest BCUT2D eigenvalue weighted by Gasteiger charge is 2.32. The van der Waals surface area contributed by atoms with E-state index in [1.165, 1.54) is 6.08 Å². The summed E-state index contributed by atoms with van der Waals surface area (Å²) in [6.45, 7) is 1.59. The van der Waals surface area contributed by atoms with Gasteiger partial charge in [-0.3, -0.25) is 9.69 Å². The van der Waals surface area contributed by atoms with Crippen molar-refractivity contribution in [2.24, 2.45) is 0 Å². The monoisotopic (exact) mass is 338 g/mol. The molecule has 0 aromatic heterocycles. The molecule has 0 saturated carbocycles. The highest BCUT2D eigenvalue weighted by molar-refractivity contribution is 8.26. The van der Waals surface area contributed by atoms with Crippen molar-refractivity contribution >= 4 is 46.3 Å². The average Bonchev–Trinajstić information content (AvgIpc) is 2.71. The first kappa shape index (κ1) is 16.3. The average molecular weight is 338 g/mol. The highest BCUT2D eigenvalue weighted by Crippen LogP contribution is 2.36. The van der Waals surface area contributed by atoms with Gasteiger partial charge in [0.2, 0.25) is 0 Å². The normalized spacial score (nSPS) is 16.4. The van der Waals surface area contributed by atoms with Crippen molar-refractivity contribution in [1.29, 1.82) is 0 Å². The number of rotatable bonds is 5. The number of nitrogens with zero attached hydrogens (tertiary/aromatic N) is 1. The van der Waals surface area contributed by atoms with E-state index in [1.54, 1.807) is 25.1 Å². The van der Waals surface area contributed by atoms with E-state index in [4.69, 9.17) is 17.0 Å². The predicted molar refractivity (Wildman–Crippen MR) is 84.2 cm³/mol. The molecule has 6 nitrogen and oxygen atoms in total. The van der Waals surface area contributed by atoms with Crippen LogP contribution in [0.1, 0.15) is 12.5 Å². The Balaban J connectivity index is 2.31. The standard InChI is InChI=1S/C14H13NO5S2/c1-2-20-9-5-3-4-8(12(9)18)6-10-13(19)15(7-11(16)17)14(21)22-10/h3-6,18H,2,7H2,1H3,(H,16,17)/p-1/b10-6+. The molecular weight excluding hydrogens is 326 g/mol. The number of aromatic hydroxyl groups is 1. The van der Waals surface area contributed by atoms with Crippen molar-refractivity contribution in [3.05, 3.63) is 28.7 Å². The molecule has 0 unspecified atom stereocenters. The van der Waals surface area contributed by atoms with Crippen LogP contribution < -0.4 is 9.84 Å². The molecule has 1 heterocycles. The van der Waals surface area contributed by atoms with Gasteiger partial charge in [0.25, 0.3) is 5.91 Å². The van der Waals surface area contributed by atoms with E-state index in [0.29, 0.717) is 17.9 Å². The Labute approximate surface area is 136 Å². The lowest BCUT2D eigenvalue weighted by Crippen LogP contribution is -2.40. The number of carboxylic acids is 1. The summed E-state index contributed by atoms with van der Waals surface area (Å²) in [5, 5.41) is 20.7. The smallest absolute Gasteiger partial charge is 0.266 e. The third kappa shape index (κ3) is 3.40. The molecule has 22 heavy (non-hydrogen) atoms. The first-order chi connectivity index (χ1) is 10.4. The summed E-state index contributed by atoms with van der Waals surface area (Å²) in [6, 6.07) is 4.90. The second-order valence-electron chi connectivity index (χ2n) is 4.27. The maximum atomic E-state index is 12.1. The van der Waals surface area contributed by atoms with E-state index >= 15 is 0 Å². The first-order valence-corrected chi connectivity index (χ1v) is 7.56. The number of aliphatic carboxylic acids is 1. The minimum absolute atomic E-state index is 0.0884. The topological polar surface area (TPSA) is 89.9 Å². The van der Waals surface area contributed by atoms with Crippen LogP contribution >= 0.6 is 24.0 Å². The van der Waals surface area contributed by atoms with E-state index in [-0.39, 0.29) is 15.0 Å². The van der Waals surface area contributed by atoms with Crippen LogP contribution in [0.25, 0.3) is 6.08 Å². The molecule has 1 aromatic rings. The molecule has 1 aromatic carbocycles. The molecule has 1 aliphatic heterocycles. The Morgan fingerprint density at radius 1 is 1.55 bits per heavy atom. The Morgan fingerprint density at radius 2 is 2.27 bits per heavy atom. The fourth-order valence-corrected chi connectivity index (χ4v) is 3.08. The number of hydrogen-bond donors (Lipinski definition) is 1. The Hall–Kier alpha value is -2.06. The zero-order valence-corrected chi connectivity index (χ0v) is 13.2. The number of carbonyl (C=O) groups excluding carboxylic acids is 2. The van der Waals surface area contributed by atoms with Gasteiger partial charge in [0.15, 0.2) is 11.5 Å². The van der Waals surface area contributed by atoms with Gasteiger partial charge in [-0.15, -0.1) is 0 Å². The predicted octanol–water partition coefficient (Wildman–Crippen LogP) is 0.742. The lowest BCUT2D eigenvalue weighted by Gasteiger charge is -2.14. The summed E-state index contributed by atoms with van der Waals surface area (Å²) in [5.41, 5.74) is 0.389. The number of phenols is 1. The summed E-state index contributed by atoms with van der Waals surface area (Å²) in [5.74, 6) is -1.70. The second kappa shape index (κ2) is 6.80. The first-order valence-electron chi connectivity index (χ1n) is 6.34.